The molecule has 0 aliphatic heterocycles. The number of nitro groups is 1. The zero-order chi connectivity index (χ0) is 18.7. The lowest BCUT2D eigenvalue weighted by Crippen LogP contribution is -2.41. The van der Waals surface area contributed by atoms with Gasteiger partial charge in [0.15, 0.2) is 5.58 Å². The minimum Gasteiger partial charge on any atom is -0.407 e. The highest BCUT2D eigenvalue weighted by atomic mass is 16.6. The van der Waals surface area contributed by atoms with Gasteiger partial charge in [0, 0.05) is 25.1 Å². The Morgan fingerprint density at radius 2 is 2.15 bits per heavy atom. The van der Waals surface area contributed by atoms with E-state index in [0.29, 0.717) is 30.8 Å². The summed E-state index contributed by atoms with van der Waals surface area (Å²) < 4.78 is 6.50. The van der Waals surface area contributed by atoms with Crippen LogP contribution in [-0.2, 0) is 11.3 Å². The first-order valence-corrected chi connectivity index (χ1v) is 9.03. The van der Waals surface area contributed by atoms with Crippen molar-refractivity contribution in [1.29, 1.82) is 0 Å². The molecule has 1 fully saturated rings. The van der Waals surface area contributed by atoms with E-state index in [9.17, 15) is 19.7 Å². The molecule has 1 N–H and O–H groups in total. The molecule has 2 aromatic rings. The molecule has 1 aliphatic rings. The normalized spacial score (nSPS) is 20.2. The molecular formula is C18H23N3O5. The molecule has 1 heterocycles. The van der Waals surface area contributed by atoms with Crippen LogP contribution < -0.4 is 11.1 Å². The smallest absolute Gasteiger partial charge is 0.407 e. The van der Waals surface area contributed by atoms with E-state index in [4.69, 9.17) is 4.42 Å². The highest BCUT2D eigenvalue weighted by molar-refractivity contribution is 5.77. The number of non-ortho nitro benzene ring substituents is 1. The van der Waals surface area contributed by atoms with Crippen LogP contribution in [0.5, 0.6) is 0 Å². The molecule has 140 valence electrons. The van der Waals surface area contributed by atoms with Gasteiger partial charge in [0.1, 0.15) is 0 Å². The molecule has 1 amide bonds. The molecule has 0 radical (unpaired) electrons. The number of hydrogen-bond acceptors (Lipinski definition) is 5. The second-order valence-electron chi connectivity index (χ2n) is 6.97. The predicted octanol–water partition coefficient (Wildman–Crippen LogP) is 2.98. The second kappa shape index (κ2) is 7.72. The Morgan fingerprint density at radius 1 is 1.38 bits per heavy atom. The van der Waals surface area contributed by atoms with Crippen molar-refractivity contribution >= 4 is 22.7 Å². The van der Waals surface area contributed by atoms with Gasteiger partial charge in [-0.15, -0.1) is 0 Å². The average molecular weight is 361 g/mol. The Labute approximate surface area is 150 Å². The average Bonchev–Trinajstić information content (AvgIpc) is 2.91. The molecule has 0 bridgehead atoms. The standard InChI is InChI=1S/C18H23N3O5/c1-12-5-2-3-6-14(12)19-17(22)7-4-10-20-15-9-8-13(21(24)25)11-16(15)26-18(20)23/h8-9,11-12,14H,2-7,10H2,1H3,(H,19,22)/t12-,14+/m1/s1. The van der Waals surface area contributed by atoms with Crippen LogP contribution in [0.4, 0.5) is 5.69 Å². The molecule has 0 unspecified atom stereocenters. The summed E-state index contributed by atoms with van der Waals surface area (Å²) in [6, 6.07) is 4.33. The Hall–Kier alpha value is -2.64. The van der Waals surface area contributed by atoms with Gasteiger partial charge in [0.05, 0.1) is 16.5 Å². The molecule has 0 saturated heterocycles. The van der Waals surface area contributed by atoms with Gasteiger partial charge in [-0.05, 0) is 31.2 Å². The number of amides is 1. The summed E-state index contributed by atoms with van der Waals surface area (Å²) in [7, 11) is 0. The van der Waals surface area contributed by atoms with Crippen molar-refractivity contribution < 1.29 is 14.1 Å². The van der Waals surface area contributed by atoms with E-state index in [2.05, 4.69) is 12.2 Å². The highest BCUT2D eigenvalue weighted by Gasteiger charge is 2.22. The number of nitrogens with one attached hydrogen (secondary N) is 1. The first kappa shape index (κ1) is 18.2. The fourth-order valence-corrected chi connectivity index (χ4v) is 3.59. The SMILES string of the molecule is C[C@@H]1CCCC[C@@H]1NC(=O)CCCn1c(=O)oc2cc([N+](=O)[O-])ccc21. The van der Waals surface area contributed by atoms with Crippen molar-refractivity contribution in [1.82, 2.24) is 9.88 Å². The number of nitrogens with zero attached hydrogens (tertiary/aromatic N) is 2. The van der Waals surface area contributed by atoms with Crippen LogP contribution in [-0.4, -0.2) is 21.4 Å². The Balaban J connectivity index is 1.59. The molecule has 8 nitrogen and oxygen atoms in total. The van der Waals surface area contributed by atoms with E-state index in [-0.39, 0.29) is 23.2 Å². The lowest BCUT2D eigenvalue weighted by atomic mass is 9.86. The number of fused-ring (bicyclic) bond motifs is 1. The molecule has 0 spiro atoms. The zero-order valence-electron chi connectivity index (χ0n) is 14.8. The predicted molar refractivity (Wildman–Crippen MR) is 95.9 cm³/mol. The zero-order valence-corrected chi connectivity index (χ0v) is 14.8. The van der Waals surface area contributed by atoms with Crippen molar-refractivity contribution in [2.45, 2.75) is 58.0 Å². The van der Waals surface area contributed by atoms with Crippen LogP contribution in [0, 0.1) is 16.0 Å². The lowest BCUT2D eigenvalue weighted by Gasteiger charge is -2.29. The van der Waals surface area contributed by atoms with Crippen molar-refractivity contribution in [3.05, 3.63) is 38.9 Å². The number of nitro benzene ring substituents is 1. The van der Waals surface area contributed by atoms with Crippen molar-refractivity contribution in [2.75, 3.05) is 0 Å². The van der Waals surface area contributed by atoms with Gasteiger partial charge in [-0.25, -0.2) is 4.79 Å². The molecule has 1 aromatic carbocycles. The third-order valence-electron chi connectivity index (χ3n) is 5.11. The minimum absolute atomic E-state index is 0.000220. The molecule has 26 heavy (non-hydrogen) atoms. The number of benzene rings is 1. The van der Waals surface area contributed by atoms with Crippen molar-refractivity contribution in [2.24, 2.45) is 5.92 Å². The first-order valence-electron chi connectivity index (χ1n) is 9.03. The lowest BCUT2D eigenvalue weighted by molar-refractivity contribution is -0.384. The summed E-state index contributed by atoms with van der Waals surface area (Å²) in [5, 5.41) is 13.9. The van der Waals surface area contributed by atoms with Crippen LogP contribution in [0.15, 0.2) is 27.4 Å². The molecule has 3 rings (SSSR count). The number of hydrogen-bond donors (Lipinski definition) is 1. The summed E-state index contributed by atoms with van der Waals surface area (Å²) in [6.07, 6.45) is 5.37. The van der Waals surface area contributed by atoms with Crippen LogP contribution in [0.3, 0.4) is 0 Å². The molecule has 8 heteroatoms. The maximum Gasteiger partial charge on any atom is 0.419 e. The molecule has 1 saturated carbocycles. The topological polar surface area (TPSA) is 107 Å². The highest BCUT2D eigenvalue weighted by Crippen LogP contribution is 2.24. The number of oxazole rings is 1. The van der Waals surface area contributed by atoms with Gasteiger partial charge in [-0.1, -0.05) is 19.8 Å². The Morgan fingerprint density at radius 3 is 2.88 bits per heavy atom. The Kier molecular flexibility index (Phi) is 5.39. The number of rotatable bonds is 6. The third-order valence-corrected chi connectivity index (χ3v) is 5.11. The first-order chi connectivity index (χ1) is 12.5. The van der Waals surface area contributed by atoms with E-state index in [1.165, 1.54) is 29.2 Å². The Bertz CT molecular complexity index is 869. The summed E-state index contributed by atoms with van der Waals surface area (Å²) >= 11 is 0. The van der Waals surface area contributed by atoms with E-state index in [0.717, 1.165) is 19.3 Å². The summed E-state index contributed by atoms with van der Waals surface area (Å²) in [5.41, 5.74) is 0.561. The van der Waals surface area contributed by atoms with Crippen LogP contribution in [0.2, 0.25) is 0 Å². The molecular weight excluding hydrogens is 338 g/mol. The summed E-state index contributed by atoms with van der Waals surface area (Å²) in [4.78, 5) is 34.4. The maximum absolute atomic E-state index is 12.2. The van der Waals surface area contributed by atoms with Crippen LogP contribution in [0.25, 0.3) is 11.1 Å². The minimum atomic E-state index is -0.568. The van der Waals surface area contributed by atoms with Gasteiger partial charge in [-0.3, -0.25) is 19.5 Å². The third kappa shape index (κ3) is 3.95. The summed E-state index contributed by atoms with van der Waals surface area (Å²) in [5.74, 6) is -0.0639. The number of aromatic nitrogens is 1. The van der Waals surface area contributed by atoms with Gasteiger partial charge in [0.25, 0.3) is 5.69 Å². The number of carbonyl (C=O) groups excluding carboxylic acids is 1. The molecule has 1 aromatic heterocycles. The van der Waals surface area contributed by atoms with Gasteiger partial charge < -0.3 is 9.73 Å². The van der Waals surface area contributed by atoms with E-state index < -0.39 is 10.7 Å². The van der Waals surface area contributed by atoms with Crippen LogP contribution in [0.1, 0.15) is 45.4 Å². The van der Waals surface area contributed by atoms with Crippen molar-refractivity contribution in [3.8, 4) is 0 Å². The van der Waals surface area contributed by atoms with Crippen molar-refractivity contribution in [3.63, 3.8) is 0 Å². The van der Waals surface area contributed by atoms with Gasteiger partial charge in [0.2, 0.25) is 5.91 Å². The number of aryl methyl sites for hydroxylation is 1. The monoisotopic (exact) mass is 361 g/mol. The summed E-state index contributed by atoms with van der Waals surface area (Å²) in [6.45, 7) is 2.50. The fraction of sp³-hybridized carbons (Fsp3) is 0.556. The maximum atomic E-state index is 12.2. The second-order valence-corrected chi connectivity index (χ2v) is 6.97. The fourth-order valence-electron chi connectivity index (χ4n) is 3.59. The molecule has 1 aliphatic carbocycles. The quantitative estimate of drug-likeness (QED) is 0.629. The molecule has 2 atom stereocenters. The van der Waals surface area contributed by atoms with E-state index >= 15 is 0 Å². The number of carbonyl (C=O) groups is 1. The van der Waals surface area contributed by atoms with Gasteiger partial charge in [-0.2, -0.15) is 0 Å². The van der Waals surface area contributed by atoms with Gasteiger partial charge >= 0.3 is 5.76 Å². The largest absolute Gasteiger partial charge is 0.419 e. The van der Waals surface area contributed by atoms with E-state index in [1.807, 2.05) is 0 Å². The van der Waals surface area contributed by atoms with E-state index in [1.54, 1.807) is 0 Å². The van der Waals surface area contributed by atoms with Crippen LogP contribution >= 0.6 is 0 Å².